The van der Waals surface area contributed by atoms with Crippen LogP contribution >= 0.6 is 0 Å². The van der Waals surface area contributed by atoms with Crippen LogP contribution in [0.3, 0.4) is 0 Å². The van der Waals surface area contributed by atoms with Gasteiger partial charge in [-0.2, -0.15) is 0 Å². The van der Waals surface area contributed by atoms with Gasteiger partial charge in [0, 0.05) is 18.9 Å². The molecule has 5 unspecified atom stereocenters. The molecule has 17 heavy (non-hydrogen) atoms. The highest BCUT2D eigenvalue weighted by molar-refractivity contribution is 5.67. The van der Waals surface area contributed by atoms with Crippen molar-refractivity contribution in [3.05, 3.63) is 12.2 Å². The van der Waals surface area contributed by atoms with Crippen molar-refractivity contribution in [1.29, 1.82) is 0 Å². The third-order valence-electron chi connectivity index (χ3n) is 4.05. The first-order valence-electron chi connectivity index (χ1n) is 6.33. The van der Waals surface area contributed by atoms with Crippen LogP contribution in [0.5, 0.6) is 0 Å². The van der Waals surface area contributed by atoms with Gasteiger partial charge in [-0.25, -0.2) is 0 Å². The smallest absolute Gasteiger partial charge is 0.303 e. The number of ether oxygens (including phenoxy) is 1. The first kappa shape index (κ1) is 12.6. The van der Waals surface area contributed by atoms with Crippen molar-refractivity contribution in [2.45, 2.75) is 32.5 Å². The molecule has 0 aromatic carbocycles. The highest BCUT2D eigenvalue weighted by Gasteiger charge is 2.45. The maximum Gasteiger partial charge on any atom is 0.303 e. The van der Waals surface area contributed by atoms with Gasteiger partial charge in [0.05, 0.1) is 0 Å². The fourth-order valence-corrected chi connectivity index (χ4v) is 3.34. The number of carboxylic acids is 1. The topological polar surface area (TPSA) is 66.8 Å². The summed E-state index contributed by atoms with van der Waals surface area (Å²) < 4.78 is 5.27. The number of aliphatic carboxylic acids is 1. The second-order valence-corrected chi connectivity index (χ2v) is 4.97. The molecule has 0 aromatic heterocycles. The van der Waals surface area contributed by atoms with E-state index in [0.717, 1.165) is 12.8 Å². The van der Waals surface area contributed by atoms with Gasteiger partial charge in [0.25, 0.3) is 0 Å². The summed E-state index contributed by atoms with van der Waals surface area (Å²) in [6.45, 7) is 2.30. The molecule has 4 heteroatoms. The van der Waals surface area contributed by atoms with Crippen LogP contribution in [-0.4, -0.2) is 29.1 Å². The van der Waals surface area contributed by atoms with Crippen molar-refractivity contribution >= 4 is 5.97 Å². The lowest BCUT2D eigenvalue weighted by molar-refractivity contribution is -0.171. The summed E-state index contributed by atoms with van der Waals surface area (Å²) in [5, 5.41) is 19.0. The molecule has 1 fully saturated rings. The number of rotatable bonds is 5. The van der Waals surface area contributed by atoms with Crippen LogP contribution in [0.15, 0.2) is 12.2 Å². The molecular weight excluding hydrogens is 220 g/mol. The number of aliphatic hydroxyl groups excluding tert-OH is 1. The molecule has 0 saturated heterocycles. The highest BCUT2D eigenvalue weighted by Crippen LogP contribution is 2.47. The molecule has 1 saturated carbocycles. The van der Waals surface area contributed by atoms with E-state index < -0.39 is 12.3 Å². The number of carboxylic acid groups (broad SMARTS) is 1. The number of hydrogen-bond acceptors (Lipinski definition) is 3. The van der Waals surface area contributed by atoms with Crippen LogP contribution in [0.1, 0.15) is 26.2 Å². The Morgan fingerprint density at radius 3 is 2.59 bits per heavy atom. The molecule has 0 spiro atoms. The van der Waals surface area contributed by atoms with Crippen LogP contribution in [0, 0.1) is 23.7 Å². The lowest BCUT2D eigenvalue weighted by atomic mass is 9.61. The molecule has 3 aliphatic rings. The standard InChI is InChI=1S/C13H20O4/c1-2-17-13(16)12-9-5-3-8(4-6-9)10(12)7-11(14)15/h3,5,8-10,12-13,16H,2,4,6-7H2,1H3,(H,14,15). The quantitative estimate of drug-likeness (QED) is 0.566. The lowest BCUT2D eigenvalue weighted by Gasteiger charge is -2.46. The maximum atomic E-state index is 10.9. The Hall–Kier alpha value is -0.870. The summed E-state index contributed by atoms with van der Waals surface area (Å²) in [4.78, 5) is 10.9. The fraction of sp³-hybridized carbons (Fsp3) is 0.769. The van der Waals surface area contributed by atoms with Crippen LogP contribution in [0.2, 0.25) is 0 Å². The van der Waals surface area contributed by atoms with E-state index in [1.165, 1.54) is 0 Å². The minimum atomic E-state index is -0.831. The van der Waals surface area contributed by atoms with Crippen LogP contribution in [0.25, 0.3) is 0 Å². The lowest BCUT2D eigenvalue weighted by Crippen LogP contribution is -2.45. The third-order valence-corrected chi connectivity index (χ3v) is 4.05. The second kappa shape index (κ2) is 5.19. The average Bonchev–Trinajstić information content (AvgIpc) is 2.29. The Bertz CT molecular complexity index is 313. The van der Waals surface area contributed by atoms with E-state index in [4.69, 9.17) is 9.84 Å². The van der Waals surface area contributed by atoms with Crippen LogP contribution in [0.4, 0.5) is 0 Å². The molecule has 5 atom stereocenters. The molecule has 0 heterocycles. The normalized spacial score (nSPS) is 37.1. The van der Waals surface area contributed by atoms with Crippen molar-refractivity contribution < 1.29 is 19.7 Å². The van der Waals surface area contributed by atoms with Gasteiger partial charge < -0.3 is 14.9 Å². The zero-order chi connectivity index (χ0) is 12.4. The molecule has 0 radical (unpaired) electrons. The molecule has 0 aliphatic heterocycles. The average molecular weight is 240 g/mol. The summed E-state index contributed by atoms with van der Waals surface area (Å²) in [5.74, 6) is -0.278. The first-order chi connectivity index (χ1) is 8.13. The molecular formula is C13H20O4. The van der Waals surface area contributed by atoms with Gasteiger partial charge in [-0.3, -0.25) is 4.79 Å². The minimum Gasteiger partial charge on any atom is -0.481 e. The summed E-state index contributed by atoms with van der Waals surface area (Å²) in [6, 6.07) is 0. The summed E-state index contributed by atoms with van der Waals surface area (Å²) >= 11 is 0. The zero-order valence-corrected chi connectivity index (χ0v) is 10.1. The summed E-state index contributed by atoms with van der Waals surface area (Å²) in [6.07, 6.45) is 5.61. The number of allylic oxidation sites excluding steroid dienone is 2. The predicted octanol–water partition coefficient (Wildman–Crippen LogP) is 1.64. The second-order valence-electron chi connectivity index (χ2n) is 4.97. The number of fused-ring (bicyclic) bond motifs is 2. The zero-order valence-electron chi connectivity index (χ0n) is 10.1. The molecule has 2 bridgehead atoms. The number of aliphatic hydroxyl groups is 1. The van der Waals surface area contributed by atoms with Crippen molar-refractivity contribution in [3.63, 3.8) is 0 Å². The largest absolute Gasteiger partial charge is 0.481 e. The Kier molecular flexibility index (Phi) is 3.84. The molecule has 2 N–H and O–H groups in total. The highest BCUT2D eigenvalue weighted by atomic mass is 16.6. The first-order valence-corrected chi connectivity index (χ1v) is 6.33. The summed E-state index contributed by atoms with van der Waals surface area (Å²) in [5.41, 5.74) is 0. The number of hydrogen-bond donors (Lipinski definition) is 2. The van der Waals surface area contributed by atoms with Crippen molar-refractivity contribution in [2.24, 2.45) is 23.7 Å². The van der Waals surface area contributed by atoms with E-state index in [2.05, 4.69) is 12.2 Å². The maximum absolute atomic E-state index is 10.9. The van der Waals surface area contributed by atoms with Crippen LogP contribution < -0.4 is 0 Å². The van der Waals surface area contributed by atoms with E-state index in [1.807, 2.05) is 6.92 Å². The van der Waals surface area contributed by atoms with Crippen molar-refractivity contribution in [2.75, 3.05) is 6.61 Å². The van der Waals surface area contributed by atoms with E-state index in [9.17, 15) is 9.90 Å². The van der Waals surface area contributed by atoms with Gasteiger partial charge in [-0.05, 0) is 37.5 Å². The van der Waals surface area contributed by atoms with Gasteiger partial charge in [0.15, 0.2) is 6.29 Å². The number of carbonyl (C=O) groups is 1. The van der Waals surface area contributed by atoms with Gasteiger partial charge >= 0.3 is 5.97 Å². The van der Waals surface area contributed by atoms with E-state index in [0.29, 0.717) is 6.61 Å². The summed E-state index contributed by atoms with van der Waals surface area (Å²) in [7, 11) is 0. The molecule has 4 nitrogen and oxygen atoms in total. The Balaban J connectivity index is 2.14. The van der Waals surface area contributed by atoms with Gasteiger partial charge in [-0.1, -0.05) is 12.2 Å². The minimum absolute atomic E-state index is 0.0119. The molecule has 3 aliphatic carbocycles. The van der Waals surface area contributed by atoms with Gasteiger partial charge in [0.1, 0.15) is 0 Å². The SMILES string of the molecule is CCOC(O)C1C2C=CC(CC2)C1CC(=O)O. The fourth-order valence-electron chi connectivity index (χ4n) is 3.34. The van der Waals surface area contributed by atoms with Gasteiger partial charge in [-0.15, -0.1) is 0 Å². The van der Waals surface area contributed by atoms with Crippen LogP contribution in [-0.2, 0) is 9.53 Å². The molecule has 0 amide bonds. The third kappa shape index (κ3) is 2.53. The molecule has 3 rings (SSSR count). The van der Waals surface area contributed by atoms with E-state index in [-0.39, 0.29) is 30.1 Å². The molecule has 96 valence electrons. The Labute approximate surface area is 101 Å². The van der Waals surface area contributed by atoms with E-state index in [1.54, 1.807) is 0 Å². The predicted molar refractivity (Wildman–Crippen MR) is 62.2 cm³/mol. The monoisotopic (exact) mass is 240 g/mol. The Morgan fingerprint density at radius 2 is 2.06 bits per heavy atom. The van der Waals surface area contributed by atoms with Crippen molar-refractivity contribution in [3.8, 4) is 0 Å². The Morgan fingerprint density at radius 1 is 1.41 bits per heavy atom. The van der Waals surface area contributed by atoms with Gasteiger partial charge in [0.2, 0.25) is 0 Å². The molecule has 0 aromatic rings. The van der Waals surface area contributed by atoms with E-state index >= 15 is 0 Å². The van der Waals surface area contributed by atoms with Crippen molar-refractivity contribution in [1.82, 2.24) is 0 Å².